The highest BCUT2D eigenvalue weighted by atomic mass is 32.1. The van der Waals surface area contributed by atoms with Gasteiger partial charge in [-0.15, -0.1) is 11.3 Å². The SMILES string of the molecule is COC(=O)CCc1c(N2CCCC(C=O)C2)nc2cc(CCc3nc(C(C)C)cs3)ccn2c1=O. The number of rotatable bonds is 9. The van der Waals surface area contributed by atoms with Gasteiger partial charge in [-0.3, -0.25) is 14.0 Å². The standard InChI is InChI=1S/C26H32N4O4S/c1-17(2)21-16-35-23(27-21)8-6-18-10-12-30-22(13-18)28-25(29-11-4-5-19(14-29)15-31)20(26(30)33)7-9-24(32)34-3/h10,12-13,15-17,19H,4-9,11,14H2,1-3H3. The van der Waals surface area contributed by atoms with E-state index in [-0.39, 0.29) is 30.3 Å². The van der Waals surface area contributed by atoms with Crippen molar-refractivity contribution in [1.29, 1.82) is 0 Å². The van der Waals surface area contributed by atoms with Crippen molar-refractivity contribution in [3.05, 3.63) is 55.9 Å². The first-order valence-corrected chi connectivity index (χ1v) is 13.0. The van der Waals surface area contributed by atoms with Gasteiger partial charge in [0.1, 0.15) is 17.8 Å². The van der Waals surface area contributed by atoms with Crippen LogP contribution in [-0.4, -0.2) is 46.8 Å². The summed E-state index contributed by atoms with van der Waals surface area (Å²) >= 11 is 1.68. The summed E-state index contributed by atoms with van der Waals surface area (Å²) < 4.78 is 6.32. The summed E-state index contributed by atoms with van der Waals surface area (Å²) in [5.41, 5.74) is 3.07. The fraction of sp³-hybridized carbons (Fsp3) is 0.500. The number of ether oxygens (including phenoxy) is 1. The smallest absolute Gasteiger partial charge is 0.305 e. The molecule has 4 heterocycles. The van der Waals surface area contributed by atoms with Crippen LogP contribution in [0.4, 0.5) is 5.82 Å². The quantitative estimate of drug-likeness (QED) is 0.330. The minimum Gasteiger partial charge on any atom is -0.469 e. The number of esters is 1. The third-order valence-electron chi connectivity index (χ3n) is 6.51. The minimum absolute atomic E-state index is 0.0854. The number of piperidine rings is 1. The van der Waals surface area contributed by atoms with Crippen molar-refractivity contribution in [3.8, 4) is 0 Å². The lowest BCUT2D eigenvalue weighted by molar-refractivity contribution is -0.140. The Labute approximate surface area is 209 Å². The number of aryl methyl sites for hydroxylation is 2. The predicted molar refractivity (Wildman–Crippen MR) is 136 cm³/mol. The molecular weight excluding hydrogens is 464 g/mol. The zero-order valence-electron chi connectivity index (χ0n) is 20.5. The van der Waals surface area contributed by atoms with Crippen LogP contribution in [0.15, 0.2) is 28.5 Å². The van der Waals surface area contributed by atoms with Crippen molar-refractivity contribution >= 4 is 35.1 Å². The van der Waals surface area contributed by atoms with Crippen molar-refractivity contribution in [3.63, 3.8) is 0 Å². The van der Waals surface area contributed by atoms with E-state index < -0.39 is 0 Å². The second-order valence-electron chi connectivity index (χ2n) is 9.36. The maximum absolute atomic E-state index is 13.5. The van der Waals surface area contributed by atoms with Crippen molar-refractivity contribution < 1.29 is 14.3 Å². The molecule has 0 aromatic carbocycles. The maximum Gasteiger partial charge on any atom is 0.305 e. The van der Waals surface area contributed by atoms with Gasteiger partial charge in [0.15, 0.2) is 0 Å². The van der Waals surface area contributed by atoms with Gasteiger partial charge in [-0.25, -0.2) is 9.97 Å². The number of thiazole rings is 1. The lowest BCUT2D eigenvalue weighted by Crippen LogP contribution is -2.39. The summed E-state index contributed by atoms with van der Waals surface area (Å²) in [4.78, 5) is 48.3. The van der Waals surface area contributed by atoms with Crippen LogP contribution in [0.25, 0.3) is 5.65 Å². The van der Waals surface area contributed by atoms with Crippen molar-refractivity contribution in [2.24, 2.45) is 5.92 Å². The summed E-state index contributed by atoms with van der Waals surface area (Å²) in [6, 6.07) is 3.90. The fourth-order valence-corrected chi connectivity index (χ4v) is 5.40. The van der Waals surface area contributed by atoms with E-state index in [1.807, 2.05) is 17.0 Å². The van der Waals surface area contributed by atoms with Gasteiger partial charge in [-0.2, -0.15) is 0 Å². The highest BCUT2D eigenvalue weighted by molar-refractivity contribution is 7.09. The molecule has 186 valence electrons. The molecule has 1 aliphatic heterocycles. The van der Waals surface area contributed by atoms with Gasteiger partial charge in [0.25, 0.3) is 5.56 Å². The first kappa shape index (κ1) is 25.0. The molecule has 0 bridgehead atoms. The van der Waals surface area contributed by atoms with E-state index in [0.29, 0.717) is 29.5 Å². The first-order chi connectivity index (χ1) is 16.9. The third kappa shape index (κ3) is 5.78. The molecule has 1 atom stereocenters. The Kier molecular flexibility index (Phi) is 7.95. The third-order valence-corrected chi connectivity index (χ3v) is 7.44. The largest absolute Gasteiger partial charge is 0.469 e. The molecule has 35 heavy (non-hydrogen) atoms. The number of fused-ring (bicyclic) bond motifs is 1. The van der Waals surface area contributed by atoms with Gasteiger partial charge in [-0.1, -0.05) is 13.8 Å². The van der Waals surface area contributed by atoms with Crippen LogP contribution in [0, 0.1) is 5.92 Å². The molecule has 3 aromatic rings. The van der Waals surface area contributed by atoms with Crippen LogP contribution >= 0.6 is 11.3 Å². The molecular formula is C26H32N4O4S. The molecule has 0 amide bonds. The van der Waals surface area contributed by atoms with E-state index in [1.54, 1.807) is 21.9 Å². The fourth-order valence-electron chi connectivity index (χ4n) is 4.44. The second-order valence-corrected chi connectivity index (χ2v) is 10.3. The number of aromatic nitrogens is 3. The minimum atomic E-state index is -0.372. The lowest BCUT2D eigenvalue weighted by atomic mass is 9.99. The van der Waals surface area contributed by atoms with Crippen LogP contribution in [0.2, 0.25) is 0 Å². The Hall–Kier alpha value is -3.07. The molecule has 4 rings (SSSR count). The summed E-state index contributed by atoms with van der Waals surface area (Å²) in [5, 5.41) is 3.22. The van der Waals surface area contributed by atoms with E-state index in [9.17, 15) is 14.4 Å². The Morgan fingerprint density at radius 3 is 2.83 bits per heavy atom. The number of methoxy groups -OCH3 is 1. The van der Waals surface area contributed by atoms with Crippen LogP contribution in [0.3, 0.4) is 0 Å². The lowest BCUT2D eigenvalue weighted by Gasteiger charge is -2.32. The zero-order chi connectivity index (χ0) is 24.9. The average Bonchev–Trinajstić information content (AvgIpc) is 3.36. The molecule has 0 radical (unpaired) electrons. The van der Waals surface area contributed by atoms with Gasteiger partial charge in [0.2, 0.25) is 0 Å². The Morgan fingerprint density at radius 2 is 2.11 bits per heavy atom. The molecule has 9 heteroatoms. The number of nitrogens with zero attached hydrogens (tertiary/aromatic N) is 4. The van der Waals surface area contributed by atoms with Gasteiger partial charge >= 0.3 is 5.97 Å². The Balaban J connectivity index is 1.66. The number of hydrogen-bond donors (Lipinski definition) is 0. The van der Waals surface area contributed by atoms with Crippen LogP contribution < -0.4 is 10.5 Å². The van der Waals surface area contributed by atoms with Gasteiger partial charge in [0, 0.05) is 43.4 Å². The number of carbonyl (C=O) groups is 2. The molecule has 8 nitrogen and oxygen atoms in total. The van der Waals surface area contributed by atoms with Crippen molar-refractivity contribution in [1.82, 2.24) is 14.4 Å². The van der Waals surface area contributed by atoms with E-state index in [0.717, 1.165) is 54.8 Å². The van der Waals surface area contributed by atoms with Crippen LogP contribution in [0.5, 0.6) is 0 Å². The van der Waals surface area contributed by atoms with Gasteiger partial charge in [0.05, 0.1) is 23.4 Å². The number of carbonyl (C=O) groups excluding carboxylic acids is 2. The van der Waals surface area contributed by atoms with Crippen LogP contribution in [0.1, 0.15) is 60.9 Å². The van der Waals surface area contributed by atoms with E-state index in [4.69, 9.17) is 14.7 Å². The summed E-state index contributed by atoms with van der Waals surface area (Å²) in [5.74, 6) is 0.530. The summed E-state index contributed by atoms with van der Waals surface area (Å²) in [6.07, 6.45) is 6.40. The molecule has 3 aromatic heterocycles. The van der Waals surface area contributed by atoms with Gasteiger partial charge in [-0.05, 0) is 49.3 Å². The van der Waals surface area contributed by atoms with E-state index in [1.165, 1.54) is 7.11 Å². The van der Waals surface area contributed by atoms with Crippen molar-refractivity contribution in [2.75, 3.05) is 25.1 Å². The molecule has 1 saturated heterocycles. The number of aldehydes is 1. The number of pyridine rings is 1. The number of anilines is 1. The first-order valence-electron chi connectivity index (χ1n) is 12.1. The highest BCUT2D eigenvalue weighted by Gasteiger charge is 2.25. The average molecular weight is 497 g/mol. The second kappa shape index (κ2) is 11.1. The van der Waals surface area contributed by atoms with E-state index >= 15 is 0 Å². The summed E-state index contributed by atoms with van der Waals surface area (Å²) in [7, 11) is 1.34. The number of hydrogen-bond acceptors (Lipinski definition) is 8. The van der Waals surface area contributed by atoms with Crippen molar-refractivity contribution in [2.45, 2.75) is 58.3 Å². The monoisotopic (exact) mass is 496 g/mol. The summed E-state index contributed by atoms with van der Waals surface area (Å²) in [6.45, 7) is 5.53. The molecule has 0 spiro atoms. The topological polar surface area (TPSA) is 93.9 Å². The molecule has 0 N–H and O–H groups in total. The molecule has 1 unspecified atom stereocenters. The zero-order valence-corrected chi connectivity index (χ0v) is 21.3. The molecule has 0 aliphatic carbocycles. The Morgan fingerprint density at radius 1 is 1.29 bits per heavy atom. The molecule has 1 fully saturated rings. The predicted octanol–water partition coefficient (Wildman–Crippen LogP) is 3.58. The normalized spacial score (nSPS) is 16.1. The molecule has 1 aliphatic rings. The van der Waals surface area contributed by atoms with Crippen LogP contribution in [-0.2, 0) is 33.6 Å². The maximum atomic E-state index is 13.5. The Bertz CT molecular complexity index is 1270. The highest BCUT2D eigenvalue weighted by Crippen LogP contribution is 2.25. The molecule has 0 saturated carbocycles. The van der Waals surface area contributed by atoms with E-state index in [2.05, 4.69) is 19.2 Å². The van der Waals surface area contributed by atoms with Gasteiger partial charge < -0.3 is 14.4 Å².